The molecule has 0 radical (unpaired) electrons. The van der Waals surface area contributed by atoms with E-state index in [1.807, 2.05) is 0 Å². The molecule has 0 saturated heterocycles. The molecule has 0 aliphatic rings. The molecule has 3 heteroatoms. The molecule has 0 aromatic rings. The van der Waals surface area contributed by atoms with Crippen molar-refractivity contribution in [2.75, 3.05) is 6.61 Å². The van der Waals surface area contributed by atoms with E-state index in [2.05, 4.69) is 13.8 Å². The van der Waals surface area contributed by atoms with E-state index in [1.165, 1.54) is 12.8 Å². The molecule has 3 nitrogen and oxygen atoms in total. The molecule has 3 N–H and O–H groups in total. The van der Waals surface area contributed by atoms with Crippen molar-refractivity contribution in [1.82, 2.24) is 0 Å². The molecule has 0 bridgehead atoms. The van der Waals surface area contributed by atoms with Crippen molar-refractivity contribution in [3.8, 4) is 0 Å². The summed E-state index contributed by atoms with van der Waals surface area (Å²) in [6.45, 7) is 4.04. The van der Waals surface area contributed by atoms with E-state index in [1.54, 1.807) is 0 Å². The third-order valence-electron chi connectivity index (χ3n) is 2.41. The Labute approximate surface area is 86.8 Å². The van der Waals surface area contributed by atoms with Crippen molar-refractivity contribution >= 4 is 0 Å². The van der Waals surface area contributed by atoms with Crippen molar-refractivity contribution in [3.63, 3.8) is 0 Å². The Bertz CT molecular complexity index is 126. The van der Waals surface area contributed by atoms with Gasteiger partial charge in [-0.05, 0) is 12.3 Å². The third kappa shape index (κ3) is 7.30. The smallest absolute Gasteiger partial charge is 0.103 e. The average Bonchev–Trinajstić information content (AvgIpc) is 2.15. The lowest BCUT2D eigenvalue weighted by molar-refractivity contribution is -0.0185. The molecule has 86 valence electrons. The molecule has 0 aromatic carbocycles. The molecule has 0 aliphatic heterocycles. The third-order valence-corrected chi connectivity index (χ3v) is 2.41. The molecular formula is C11H24O3. The number of rotatable bonds is 8. The second-order valence-corrected chi connectivity index (χ2v) is 4.35. The van der Waals surface area contributed by atoms with Gasteiger partial charge in [-0.25, -0.2) is 0 Å². The van der Waals surface area contributed by atoms with E-state index in [0.29, 0.717) is 6.42 Å². The fraction of sp³-hybridized carbons (Fsp3) is 1.00. The second-order valence-electron chi connectivity index (χ2n) is 4.35. The van der Waals surface area contributed by atoms with Gasteiger partial charge in [-0.3, -0.25) is 0 Å². The number of aliphatic hydroxyl groups is 3. The molecule has 0 aromatic heterocycles. The number of hydrogen-bond donors (Lipinski definition) is 3. The number of aliphatic hydroxyl groups excluding tert-OH is 3. The standard InChI is InChI=1S/C11H24O3/c1-9(2)6-4-3-5-7-10(13)11(14)8-12/h9-14H,3-8H2,1-2H3/t10?,11-/m0/s1. The summed E-state index contributed by atoms with van der Waals surface area (Å²) in [5.41, 5.74) is 0. The fourth-order valence-electron chi connectivity index (χ4n) is 1.40. The zero-order valence-corrected chi connectivity index (χ0v) is 9.32. The topological polar surface area (TPSA) is 60.7 Å². The SMILES string of the molecule is CC(C)CCCCCC(O)[C@@H](O)CO. The predicted molar refractivity (Wildman–Crippen MR) is 57.0 cm³/mol. The lowest BCUT2D eigenvalue weighted by Gasteiger charge is -2.15. The minimum atomic E-state index is -0.972. The fourth-order valence-corrected chi connectivity index (χ4v) is 1.40. The summed E-state index contributed by atoms with van der Waals surface area (Å²) in [5.74, 6) is 0.739. The highest BCUT2D eigenvalue weighted by atomic mass is 16.4. The van der Waals surface area contributed by atoms with Crippen LogP contribution in [0.25, 0.3) is 0 Å². The largest absolute Gasteiger partial charge is 0.394 e. The average molecular weight is 204 g/mol. The zero-order valence-electron chi connectivity index (χ0n) is 9.32. The molecule has 0 amide bonds. The Morgan fingerprint density at radius 2 is 1.43 bits per heavy atom. The Morgan fingerprint density at radius 3 is 1.93 bits per heavy atom. The summed E-state index contributed by atoms with van der Waals surface area (Å²) in [6.07, 6.45) is 3.26. The van der Waals surface area contributed by atoms with E-state index in [0.717, 1.165) is 18.8 Å². The van der Waals surface area contributed by atoms with Gasteiger partial charge in [-0.15, -0.1) is 0 Å². The molecular weight excluding hydrogens is 180 g/mol. The van der Waals surface area contributed by atoms with Crippen molar-refractivity contribution in [2.24, 2.45) is 5.92 Å². The van der Waals surface area contributed by atoms with Crippen LogP contribution in [0.15, 0.2) is 0 Å². The molecule has 0 aliphatic carbocycles. The van der Waals surface area contributed by atoms with Crippen LogP contribution in [-0.2, 0) is 0 Å². The number of unbranched alkanes of at least 4 members (excludes halogenated alkanes) is 2. The predicted octanol–water partition coefficient (Wildman–Crippen LogP) is 1.31. The first-order valence-electron chi connectivity index (χ1n) is 5.55. The van der Waals surface area contributed by atoms with E-state index in [9.17, 15) is 5.11 Å². The molecule has 1 unspecified atom stereocenters. The molecule has 2 atom stereocenters. The van der Waals surface area contributed by atoms with Gasteiger partial charge in [-0.2, -0.15) is 0 Å². The summed E-state index contributed by atoms with van der Waals surface area (Å²) >= 11 is 0. The normalized spacial score (nSPS) is 15.9. The minimum Gasteiger partial charge on any atom is -0.394 e. The summed E-state index contributed by atoms with van der Waals surface area (Å²) in [4.78, 5) is 0. The summed E-state index contributed by atoms with van der Waals surface area (Å²) in [7, 11) is 0. The lowest BCUT2D eigenvalue weighted by Crippen LogP contribution is -2.28. The zero-order chi connectivity index (χ0) is 11.0. The first-order valence-corrected chi connectivity index (χ1v) is 5.55. The van der Waals surface area contributed by atoms with E-state index < -0.39 is 12.2 Å². The Kier molecular flexibility index (Phi) is 8.14. The van der Waals surface area contributed by atoms with Crippen LogP contribution in [0.5, 0.6) is 0 Å². The highest BCUT2D eigenvalue weighted by Crippen LogP contribution is 2.11. The van der Waals surface area contributed by atoms with Crippen molar-refractivity contribution in [3.05, 3.63) is 0 Å². The first-order chi connectivity index (χ1) is 6.57. The monoisotopic (exact) mass is 204 g/mol. The van der Waals surface area contributed by atoms with Gasteiger partial charge in [-0.1, -0.05) is 39.5 Å². The van der Waals surface area contributed by atoms with E-state index >= 15 is 0 Å². The molecule has 14 heavy (non-hydrogen) atoms. The van der Waals surface area contributed by atoms with Gasteiger partial charge >= 0.3 is 0 Å². The summed E-state index contributed by atoms with van der Waals surface area (Å²) in [6, 6.07) is 0. The summed E-state index contributed by atoms with van der Waals surface area (Å²) in [5, 5.41) is 27.0. The second kappa shape index (κ2) is 8.21. The Morgan fingerprint density at radius 1 is 0.857 bits per heavy atom. The molecule has 0 spiro atoms. The van der Waals surface area contributed by atoms with Gasteiger partial charge in [0.05, 0.1) is 12.7 Å². The molecule has 0 saturated carbocycles. The van der Waals surface area contributed by atoms with Gasteiger partial charge < -0.3 is 15.3 Å². The van der Waals surface area contributed by atoms with Crippen LogP contribution in [0.4, 0.5) is 0 Å². The highest BCUT2D eigenvalue weighted by molar-refractivity contribution is 4.65. The van der Waals surface area contributed by atoms with Crippen molar-refractivity contribution < 1.29 is 15.3 Å². The van der Waals surface area contributed by atoms with Gasteiger partial charge in [0, 0.05) is 0 Å². The Balaban J connectivity index is 3.27. The molecule has 0 heterocycles. The van der Waals surface area contributed by atoms with E-state index in [4.69, 9.17) is 10.2 Å². The first kappa shape index (κ1) is 13.9. The maximum absolute atomic E-state index is 9.32. The van der Waals surface area contributed by atoms with Crippen LogP contribution >= 0.6 is 0 Å². The minimum absolute atomic E-state index is 0.354. The maximum atomic E-state index is 9.32. The highest BCUT2D eigenvalue weighted by Gasteiger charge is 2.13. The van der Waals surface area contributed by atoms with Gasteiger partial charge in [0.15, 0.2) is 0 Å². The Hall–Kier alpha value is -0.120. The molecule has 0 fully saturated rings. The van der Waals surface area contributed by atoms with Crippen LogP contribution in [0.2, 0.25) is 0 Å². The summed E-state index contributed by atoms with van der Waals surface area (Å²) < 4.78 is 0. The van der Waals surface area contributed by atoms with Crippen LogP contribution in [0, 0.1) is 5.92 Å². The quantitative estimate of drug-likeness (QED) is 0.522. The van der Waals surface area contributed by atoms with Gasteiger partial charge in [0.25, 0.3) is 0 Å². The maximum Gasteiger partial charge on any atom is 0.103 e. The lowest BCUT2D eigenvalue weighted by atomic mass is 10.0. The molecule has 0 rings (SSSR count). The van der Waals surface area contributed by atoms with Gasteiger partial charge in [0.2, 0.25) is 0 Å². The van der Waals surface area contributed by atoms with E-state index in [-0.39, 0.29) is 6.61 Å². The van der Waals surface area contributed by atoms with Crippen LogP contribution in [0.3, 0.4) is 0 Å². The number of hydrogen-bond acceptors (Lipinski definition) is 3. The van der Waals surface area contributed by atoms with Crippen molar-refractivity contribution in [2.45, 2.75) is 58.2 Å². The van der Waals surface area contributed by atoms with Crippen LogP contribution in [-0.4, -0.2) is 34.1 Å². The van der Waals surface area contributed by atoms with Crippen LogP contribution < -0.4 is 0 Å². The van der Waals surface area contributed by atoms with Crippen molar-refractivity contribution in [1.29, 1.82) is 0 Å². The van der Waals surface area contributed by atoms with Crippen LogP contribution in [0.1, 0.15) is 46.0 Å². The van der Waals surface area contributed by atoms with Gasteiger partial charge in [0.1, 0.15) is 6.10 Å².